The Balaban J connectivity index is 1.79. The number of fused-ring (bicyclic) bond motifs is 4. The second kappa shape index (κ2) is 9.76. The molecule has 40 heavy (non-hydrogen) atoms. The summed E-state index contributed by atoms with van der Waals surface area (Å²) in [6.45, 7) is 10.3. The predicted molar refractivity (Wildman–Crippen MR) is 140 cm³/mol. The smallest absolute Gasteiger partial charge is 0.340 e. The summed E-state index contributed by atoms with van der Waals surface area (Å²) in [5.41, 5.74) is -1.70. The minimum absolute atomic E-state index is 0.103. The Morgan fingerprint density at radius 1 is 1.10 bits per heavy atom. The number of epoxide rings is 1. The van der Waals surface area contributed by atoms with Gasteiger partial charge in [-0.3, -0.25) is 19.4 Å². The third kappa shape index (κ3) is 4.36. The van der Waals surface area contributed by atoms with E-state index in [4.69, 9.17) is 18.9 Å². The zero-order valence-corrected chi connectivity index (χ0v) is 23.8. The summed E-state index contributed by atoms with van der Waals surface area (Å²) >= 11 is 0. The molecule has 2 saturated carbocycles. The molecule has 10 heteroatoms. The van der Waals surface area contributed by atoms with Crippen LogP contribution in [0.2, 0.25) is 0 Å². The van der Waals surface area contributed by atoms with E-state index in [1.807, 2.05) is 20.8 Å². The number of aliphatic hydroxyl groups excluding tert-OH is 1. The number of ether oxygens (including phenoxy) is 4. The van der Waals surface area contributed by atoms with Crippen molar-refractivity contribution in [1.29, 1.82) is 0 Å². The van der Waals surface area contributed by atoms with Gasteiger partial charge in [-0.05, 0) is 48.5 Å². The number of hydrogen-bond acceptors (Lipinski definition) is 10. The van der Waals surface area contributed by atoms with Gasteiger partial charge >= 0.3 is 17.9 Å². The van der Waals surface area contributed by atoms with Crippen LogP contribution in [-0.2, 0) is 33.3 Å². The van der Waals surface area contributed by atoms with Gasteiger partial charge in [0.25, 0.3) is 0 Å². The summed E-state index contributed by atoms with van der Waals surface area (Å²) in [6, 6.07) is 3.19. The van der Waals surface area contributed by atoms with Crippen molar-refractivity contribution >= 4 is 23.7 Å². The Bertz CT molecular complexity index is 1270. The van der Waals surface area contributed by atoms with E-state index in [1.165, 1.54) is 26.2 Å². The molecule has 1 saturated heterocycles. The molecule has 5 rings (SSSR count). The maximum absolute atomic E-state index is 13.6. The number of Topliss-reactive ketones (excluding diaryl/α,β-unsaturated/α-hetero) is 1. The first-order valence-corrected chi connectivity index (χ1v) is 13.8. The van der Waals surface area contributed by atoms with Crippen LogP contribution in [0.3, 0.4) is 0 Å². The van der Waals surface area contributed by atoms with Crippen molar-refractivity contribution in [1.82, 2.24) is 4.98 Å². The molecule has 0 amide bonds. The molecule has 1 aromatic rings. The van der Waals surface area contributed by atoms with Gasteiger partial charge in [0.05, 0.1) is 18.3 Å². The zero-order chi connectivity index (χ0) is 29.2. The lowest BCUT2D eigenvalue weighted by Gasteiger charge is -2.60. The van der Waals surface area contributed by atoms with Crippen LogP contribution in [0.4, 0.5) is 0 Å². The molecule has 8 atom stereocenters. The van der Waals surface area contributed by atoms with Crippen molar-refractivity contribution in [2.24, 2.45) is 22.7 Å². The summed E-state index contributed by atoms with van der Waals surface area (Å²) in [6.07, 6.45) is -0.186. The number of esters is 3. The molecule has 0 aromatic carbocycles. The fourth-order valence-electron chi connectivity index (χ4n) is 7.82. The molecule has 8 unspecified atom stereocenters. The van der Waals surface area contributed by atoms with Crippen molar-refractivity contribution in [2.75, 3.05) is 6.61 Å². The number of rotatable bonds is 4. The van der Waals surface area contributed by atoms with E-state index in [0.29, 0.717) is 24.0 Å². The molecule has 3 fully saturated rings. The fraction of sp³-hybridized carbons (Fsp3) is 0.633. The Kier molecular flexibility index (Phi) is 6.94. The standard InChI is InChI=1S/C30H37NO9/c1-15-20(34)12-19-23(38-16(2)32)25-29(6,10-9-21(35)30(25)14-37-30)26(40-27(36)18-8-7-11-31-13-18)24(39-17(3)33)22(15)28(19,4)5/h7-8,11,13,19,21,23-26,35H,9-10,12,14H2,1-6H3. The van der Waals surface area contributed by atoms with Crippen LogP contribution >= 0.6 is 0 Å². The van der Waals surface area contributed by atoms with Crippen LogP contribution in [0.1, 0.15) is 71.2 Å². The molecular formula is C30H37NO9. The van der Waals surface area contributed by atoms with Gasteiger partial charge in [-0.15, -0.1) is 0 Å². The van der Waals surface area contributed by atoms with Crippen LogP contribution in [0.25, 0.3) is 0 Å². The lowest BCUT2D eigenvalue weighted by Crippen LogP contribution is -2.68. The topological polar surface area (TPSA) is 142 Å². The van der Waals surface area contributed by atoms with Crippen molar-refractivity contribution < 1.29 is 43.2 Å². The lowest BCUT2D eigenvalue weighted by atomic mass is 9.48. The predicted octanol–water partition coefficient (Wildman–Crippen LogP) is 2.96. The number of allylic oxidation sites excluding steroid dienone is 1. The van der Waals surface area contributed by atoms with Crippen LogP contribution in [-0.4, -0.2) is 70.4 Å². The van der Waals surface area contributed by atoms with Gasteiger partial charge in [0.2, 0.25) is 0 Å². The molecule has 1 aliphatic heterocycles. The third-order valence-electron chi connectivity index (χ3n) is 9.74. The minimum atomic E-state index is -1.10. The van der Waals surface area contributed by atoms with E-state index < -0.39 is 70.6 Å². The van der Waals surface area contributed by atoms with Crippen LogP contribution in [0.15, 0.2) is 35.7 Å². The number of aliphatic hydroxyl groups is 1. The Morgan fingerprint density at radius 3 is 2.35 bits per heavy atom. The van der Waals surface area contributed by atoms with E-state index in [9.17, 15) is 24.3 Å². The van der Waals surface area contributed by atoms with Crippen molar-refractivity contribution in [3.63, 3.8) is 0 Å². The van der Waals surface area contributed by atoms with Gasteiger partial charge < -0.3 is 24.1 Å². The Labute approximate surface area is 233 Å². The highest BCUT2D eigenvalue weighted by Gasteiger charge is 2.73. The maximum Gasteiger partial charge on any atom is 0.340 e. The van der Waals surface area contributed by atoms with E-state index in [0.717, 1.165) is 0 Å². The van der Waals surface area contributed by atoms with Gasteiger partial charge in [-0.25, -0.2) is 4.79 Å². The highest BCUT2D eigenvalue weighted by atomic mass is 16.6. The highest BCUT2D eigenvalue weighted by Crippen LogP contribution is 2.64. The van der Waals surface area contributed by atoms with Crippen LogP contribution < -0.4 is 0 Å². The summed E-state index contributed by atoms with van der Waals surface area (Å²) in [7, 11) is 0. The quantitative estimate of drug-likeness (QED) is 0.335. The highest BCUT2D eigenvalue weighted by molar-refractivity contribution is 5.97. The summed E-state index contributed by atoms with van der Waals surface area (Å²) in [5.74, 6) is -3.15. The zero-order valence-electron chi connectivity index (χ0n) is 23.8. The van der Waals surface area contributed by atoms with Crippen molar-refractivity contribution in [3.05, 3.63) is 41.2 Å². The fourth-order valence-corrected chi connectivity index (χ4v) is 7.82. The number of nitrogens with zero attached hydrogens (tertiary/aromatic N) is 1. The van der Waals surface area contributed by atoms with E-state index in [2.05, 4.69) is 4.98 Å². The normalized spacial score (nSPS) is 38.0. The molecule has 4 aliphatic rings. The average Bonchev–Trinajstić information content (AvgIpc) is 3.67. The number of pyridine rings is 1. The van der Waals surface area contributed by atoms with Crippen molar-refractivity contribution in [2.45, 2.75) is 90.8 Å². The second-order valence-corrected chi connectivity index (χ2v) is 12.4. The van der Waals surface area contributed by atoms with Crippen LogP contribution in [0.5, 0.6) is 0 Å². The molecule has 0 radical (unpaired) electrons. The van der Waals surface area contributed by atoms with E-state index in [-0.39, 0.29) is 24.4 Å². The molecule has 2 bridgehead atoms. The first-order chi connectivity index (χ1) is 18.7. The first-order valence-electron chi connectivity index (χ1n) is 13.8. The van der Waals surface area contributed by atoms with Gasteiger partial charge in [0, 0.05) is 49.9 Å². The summed E-state index contributed by atoms with van der Waals surface area (Å²) < 4.78 is 24.4. The minimum Gasteiger partial charge on any atom is -0.462 e. The van der Waals surface area contributed by atoms with Crippen molar-refractivity contribution in [3.8, 4) is 0 Å². The molecule has 216 valence electrons. The second-order valence-electron chi connectivity index (χ2n) is 12.4. The van der Waals surface area contributed by atoms with E-state index in [1.54, 1.807) is 19.1 Å². The van der Waals surface area contributed by atoms with Gasteiger partial charge in [0.15, 0.2) is 11.9 Å². The molecule has 1 spiro atoms. The first kappa shape index (κ1) is 28.4. The molecule has 10 nitrogen and oxygen atoms in total. The number of hydrogen-bond donors (Lipinski definition) is 1. The maximum atomic E-state index is 13.6. The number of carbonyl (C=O) groups excluding carboxylic acids is 4. The van der Waals surface area contributed by atoms with E-state index >= 15 is 0 Å². The largest absolute Gasteiger partial charge is 0.462 e. The summed E-state index contributed by atoms with van der Waals surface area (Å²) in [4.78, 5) is 56.4. The SMILES string of the molecule is CC(=O)OC1C2=C(C)C(=O)CC(C(OC(C)=O)C3C(C)(CCC(O)C34CO4)C1OC(=O)c1cccnc1)C2(C)C. The molecule has 3 aliphatic carbocycles. The third-order valence-corrected chi connectivity index (χ3v) is 9.74. The lowest BCUT2D eigenvalue weighted by molar-refractivity contribution is -0.215. The molecule has 1 N–H and O–H groups in total. The van der Waals surface area contributed by atoms with Gasteiger partial charge in [-0.2, -0.15) is 0 Å². The average molecular weight is 556 g/mol. The molecule has 1 aromatic heterocycles. The summed E-state index contributed by atoms with van der Waals surface area (Å²) in [5, 5.41) is 11.2. The van der Waals surface area contributed by atoms with Gasteiger partial charge in [0.1, 0.15) is 17.8 Å². The number of carbonyl (C=O) groups is 4. The van der Waals surface area contributed by atoms with Gasteiger partial charge in [-0.1, -0.05) is 20.8 Å². The number of aromatic nitrogens is 1. The Hall–Kier alpha value is -3.11. The molecular weight excluding hydrogens is 518 g/mol. The van der Waals surface area contributed by atoms with Crippen LogP contribution in [0, 0.1) is 22.7 Å². The Morgan fingerprint density at radius 2 is 1.77 bits per heavy atom. The molecule has 2 heterocycles. The monoisotopic (exact) mass is 555 g/mol. The number of ketones is 1.